The Labute approximate surface area is 191 Å². The second-order valence-corrected chi connectivity index (χ2v) is 11.6. The zero-order valence-electron chi connectivity index (χ0n) is 19.5. The van der Waals surface area contributed by atoms with E-state index < -0.39 is 0 Å². The average Bonchev–Trinajstić information content (AvgIpc) is 3.12. The molecule has 174 valence electrons. The molecule has 5 nitrogen and oxygen atoms in total. The van der Waals surface area contributed by atoms with Crippen LogP contribution in [0.15, 0.2) is 30.3 Å². The van der Waals surface area contributed by atoms with Crippen LogP contribution in [0, 0.1) is 34.5 Å². The predicted molar refractivity (Wildman–Crippen MR) is 124 cm³/mol. The highest BCUT2D eigenvalue weighted by Crippen LogP contribution is 2.66. The van der Waals surface area contributed by atoms with Gasteiger partial charge in [0, 0.05) is 13.0 Å². The molecule has 3 unspecified atom stereocenters. The molecule has 1 aromatic rings. The van der Waals surface area contributed by atoms with Gasteiger partial charge in [0.05, 0.1) is 6.04 Å². The lowest BCUT2D eigenvalue weighted by molar-refractivity contribution is -0.141. The summed E-state index contributed by atoms with van der Waals surface area (Å²) in [4.78, 5) is 24.8. The number of ketones is 1. The maximum atomic E-state index is 12.5. The van der Waals surface area contributed by atoms with Crippen LogP contribution < -0.4 is 11.1 Å². The standard InChI is InChI=1S/C27H38N2O3/c1-26-12-10-20-19(8-9-21-24(28)23(30)11-13-27(20,21)2)22(26)14-18(15-26)32-25(31)29-16-17-6-4-3-5-7-17/h3-7,18-22,24H,8-16,28H2,1-2H3,(H,29,31)/t18?,19-,20-,21?,22+,24?,26-,27-/m1/s1. The van der Waals surface area contributed by atoms with Crippen LogP contribution in [0.3, 0.4) is 0 Å². The molecule has 1 amide bonds. The normalized spacial score (nSPS) is 43.0. The quantitative estimate of drug-likeness (QED) is 0.708. The number of hydrogen-bond donors (Lipinski definition) is 2. The van der Waals surface area contributed by atoms with Crippen LogP contribution in [0.2, 0.25) is 0 Å². The summed E-state index contributed by atoms with van der Waals surface area (Å²) in [5.41, 5.74) is 7.92. The van der Waals surface area contributed by atoms with Gasteiger partial charge >= 0.3 is 6.09 Å². The first-order chi connectivity index (χ1) is 15.3. The smallest absolute Gasteiger partial charge is 0.407 e. The third-order valence-electron chi connectivity index (χ3n) is 9.94. The SMILES string of the molecule is C[C@]12CC[C@@H]3[C@@H](CCC4C(N)C(=O)CC[C@@]43C)[C@@H]1CC(OC(=O)NCc1ccccc1)C2. The number of Topliss-reactive ketones (excluding diaryl/α,β-unsaturated/α-hetero) is 1. The van der Waals surface area contributed by atoms with Gasteiger partial charge in [-0.05, 0) is 85.0 Å². The van der Waals surface area contributed by atoms with Crippen molar-refractivity contribution in [2.75, 3.05) is 0 Å². The van der Waals surface area contributed by atoms with Crippen LogP contribution in [0.25, 0.3) is 0 Å². The zero-order valence-corrected chi connectivity index (χ0v) is 19.5. The van der Waals surface area contributed by atoms with Gasteiger partial charge < -0.3 is 15.8 Å². The molecule has 0 saturated heterocycles. The van der Waals surface area contributed by atoms with Crippen molar-refractivity contribution in [3.8, 4) is 0 Å². The summed E-state index contributed by atoms with van der Waals surface area (Å²) in [6.07, 6.45) is 7.93. The lowest BCUT2D eigenvalue weighted by Crippen LogP contribution is -2.59. The zero-order chi connectivity index (χ0) is 22.5. The number of nitrogens with two attached hydrogens (primary N) is 1. The average molecular weight is 439 g/mol. The molecular weight excluding hydrogens is 400 g/mol. The molecule has 0 bridgehead atoms. The number of nitrogens with one attached hydrogen (secondary N) is 1. The van der Waals surface area contributed by atoms with Crippen LogP contribution in [-0.2, 0) is 16.1 Å². The fraction of sp³-hybridized carbons (Fsp3) is 0.704. The molecule has 8 atom stereocenters. The molecule has 0 heterocycles. The Morgan fingerprint density at radius 1 is 1.09 bits per heavy atom. The van der Waals surface area contributed by atoms with Gasteiger partial charge in [-0.15, -0.1) is 0 Å². The van der Waals surface area contributed by atoms with E-state index in [9.17, 15) is 9.59 Å². The first-order valence-electron chi connectivity index (χ1n) is 12.6. The van der Waals surface area contributed by atoms with E-state index >= 15 is 0 Å². The van der Waals surface area contributed by atoms with Gasteiger partial charge in [0.1, 0.15) is 11.9 Å². The summed E-state index contributed by atoms with van der Waals surface area (Å²) < 4.78 is 5.92. The van der Waals surface area contributed by atoms with E-state index in [1.54, 1.807) is 0 Å². The van der Waals surface area contributed by atoms with E-state index in [0.29, 0.717) is 36.6 Å². The van der Waals surface area contributed by atoms with E-state index in [-0.39, 0.29) is 34.9 Å². The number of carbonyl (C=O) groups is 2. The minimum atomic E-state index is -0.301. The second-order valence-electron chi connectivity index (χ2n) is 11.6. The highest BCUT2D eigenvalue weighted by Gasteiger charge is 2.61. The van der Waals surface area contributed by atoms with Crippen LogP contribution in [0.4, 0.5) is 4.79 Å². The largest absolute Gasteiger partial charge is 0.446 e. The highest BCUT2D eigenvalue weighted by molar-refractivity contribution is 5.85. The summed E-state index contributed by atoms with van der Waals surface area (Å²) in [6.45, 7) is 5.34. The van der Waals surface area contributed by atoms with Gasteiger partial charge in [-0.2, -0.15) is 0 Å². The second kappa shape index (κ2) is 8.16. The van der Waals surface area contributed by atoms with Gasteiger partial charge in [-0.25, -0.2) is 4.79 Å². The minimum Gasteiger partial charge on any atom is -0.446 e. The third-order valence-corrected chi connectivity index (χ3v) is 9.94. The molecule has 0 spiro atoms. The van der Waals surface area contributed by atoms with Crippen molar-refractivity contribution in [3.63, 3.8) is 0 Å². The van der Waals surface area contributed by atoms with Crippen LogP contribution in [0.5, 0.6) is 0 Å². The van der Waals surface area contributed by atoms with Gasteiger partial charge in [-0.1, -0.05) is 44.2 Å². The molecule has 1 aromatic carbocycles. The number of fused-ring (bicyclic) bond motifs is 5. The van der Waals surface area contributed by atoms with Crippen molar-refractivity contribution < 1.29 is 14.3 Å². The van der Waals surface area contributed by atoms with E-state index in [4.69, 9.17) is 10.5 Å². The Bertz CT molecular complexity index is 873. The maximum Gasteiger partial charge on any atom is 0.407 e. The van der Waals surface area contributed by atoms with Crippen LogP contribution in [0.1, 0.15) is 70.8 Å². The fourth-order valence-electron chi connectivity index (χ4n) is 8.28. The van der Waals surface area contributed by atoms with Crippen molar-refractivity contribution in [2.24, 2.45) is 40.2 Å². The van der Waals surface area contributed by atoms with E-state index in [1.165, 1.54) is 19.3 Å². The van der Waals surface area contributed by atoms with E-state index in [2.05, 4.69) is 19.2 Å². The first-order valence-corrected chi connectivity index (χ1v) is 12.6. The summed E-state index contributed by atoms with van der Waals surface area (Å²) >= 11 is 0. The Morgan fingerprint density at radius 2 is 1.88 bits per heavy atom. The predicted octanol–water partition coefficient (Wildman–Crippen LogP) is 4.83. The molecule has 32 heavy (non-hydrogen) atoms. The van der Waals surface area contributed by atoms with E-state index in [0.717, 1.165) is 31.2 Å². The number of benzene rings is 1. The number of hydrogen-bond acceptors (Lipinski definition) is 4. The summed E-state index contributed by atoms with van der Waals surface area (Å²) in [6, 6.07) is 9.68. The molecule has 4 aliphatic carbocycles. The highest BCUT2D eigenvalue weighted by atomic mass is 16.6. The molecule has 4 aliphatic rings. The molecule has 0 aromatic heterocycles. The molecule has 0 radical (unpaired) electrons. The van der Waals surface area contributed by atoms with Gasteiger partial charge in [-0.3, -0.25) is 4.79 Å². The van der Waals surface area contributed by atoms with E-state index in [1.807, 2.05) is 30.3 Å². The minimum absolute atomic E-state index is 0.000225. The van der Waals surface area contributed by atoms with Gasteiger partial charge in [0.2, 0.25) is 0 Å². The number of ether oxygens (including phenoxy) is 1. The molecule has 5 rings (SSSR count). The lowest BCUT2D eigenvalue weighted by atomic mass is 9.44. The summed E-state index contributed by atoms with van der Waals surface area (Å²) in [5.74, 6) is 2.51. The Kier molecular flexibility index (Phi) is 5.59. The van der Waals surface area contributed by atoms with Gasteiger partial charge in [0.15, 0.2) is 0 Å². The maximum absolute atomic E-state index is 12.5. The van der Waals surface area contributed by atoms with Crippen molar-refractivity contribution >= 4 is 11.9 Å². The Hall–Kier alpha value is -1.88. The fourth-order valence-corrected chi connectivity index (χ4v) is 8.28. The van der Waals surface area contributed by atoms with Crippen molar-refractivity contribution in [1.82, 2.24) is 5.32 Å². The summed E-state index contributed by atoms with van der Waals surface area (Å²) in [7, 11) is 0. The number of carbonyl (C=O) groups excluding carboxylic acids is 2. The molecule has 4 fully saturated rings. The van der Waals surface area contributed by atoms with Crippen molar-refractivity contribution in [1.29, 1.82) is 0 Å². The molecule has 4 saturated carbocycles. The topological polar surface area (TPSA) is 81.4 Å². The number of alkyl carbamates (subject to hydrolysis) is 1. The molecule has 0 aliphatic heterocycles. The van der Waals surface area contributed by atoms with Crippen molar-refractivity contribution in [3.05, 3.63) is 35.9 Å². The van der Waals surface area contributed by atoms with Crippen LogP contribution >= 0.6 is 0 Å². The molecule has 3 N–H and O–H groups in total. The molecule has 5 heteroatoms. The molecular formula is C27H38N2O3. The lowest BCUT2D eigenvalue weighted by Gasteiger charge is -2.60. The van der Waals surface area contributed by atoms with Gasteiger partial charge in [0.25, 0.3) is 0 Å². The number of rotatable bonds is 3. The van der Waals surface area contributed by atoms with Crippen LogP contribution in [-0.4, -0.2) is 24.0 Å². The van der Waals surface area contributed by atoms with Crippen molar-refractivity contribution in [2.45, 2.75) is 83.9 Å². The first kappa shape index (κ1) is 21.9. The third kappa shape index (κ3) is 3.67. The Balaban J connectivity index is 1.24. The summed E-state index contributed by atoms with van der Waals surface area (Å²) in [5, 5.41) is 2.92. The monoisotopic (exact) mass is 438 g/mol. The Morgan fingerprint density at radius 3 is 2.66 bits per heavy atom. The number of amides is 1.